The summed E-state index contributed by atoms with van der Waals surface area (Å²) in [5, 5.41) is 13.4. The largest absolute Gasteiger partial charge is 0.507 e. The maximum Gasteiger partial charge on any atom is 0.166 e. The topological polar surface area (TPSA) is 45.1 Å². The molecule has 0 radical (unpaired) electrons. The van der Waals surface area contributed by atoms with E-state index in [1.165, 1.54) is 12.1 Å². The average molecular weight is 419 g/mol. The fourth-order valence-corrected chi connectivity index (χ4v) is 3.00. The van der Waals surface area contributed by atoms with Crippen molar-refractivity contribution in [2.45, 2.75) is 19.9 Å². The predicted molar refractivity (Wildman–Crippen MR) is 103 cm³/mol. The molecule has 0 fully saturated rings. The molecule has 0 saturated heterocycles. The summed E-state index contributed by atoms with van der Waals surface area (Å²) in [7, 11) is 0. The van der Waals surface area contributed by atoms with Crippen molar-refractivity contribution in [2.24, 2.45) is 0 Å². The number of nitrogens with one attached hydrogen (secondary N) is 1. The number of hydrogen-bond acceptors (Lipinski definition) is 3. The van der Waals surface area contributed by atoms with Crippen LogP contribution in [0.4, 0.5) is 14.6 Å². The average Bonchev–Trinajstić information content (AvgIpc) is 2.58. The monoisotopic (exact) mass is 418 g/mol. The summed E-state index contributed by atoms with van der Waals surface area (Å²) in [6.45, 7) is 3.90. The van der Waals surface area contributed by atoms with Crippen LogP contribution < -0.4 is 5.32 Å². The fraction of sp³-hybridized carbons (Fsp3) is 0.150. The van der Waals surface area contributed by atoms with E-state index in [1.54, 1.807) is 30.3 Å². The van der Waals surface area contributed by atoms with Crippen molar-refractivity contribution in [3.05, 3.63) is 64.6 Å². The molecule has 0 unspecified atom stereocenters. The van der Waals surface area contributed by atoms with E-state index >= 15 is 0 Å². The molecule has 0 bridgehead atoms. The van der Waals surface area contributed by atoms with E-state index in [-0.39, 0.29) is 17.4 Å². The molecule has 134 valence electrons. The van der Waals surface area contributed by atoms with E-state index in [9.17, 15) is 13.9 Å². The fourth-order valence-electron chi connectivity index (χ4n) is 2.63. The van der Waals surface area contributed by atoms with Crippen LogP contribution in [0.15, 0.2) is 53.0 Å². The molecule has 0 atom stereocenters. The van der Waals surface area contributed by atoms with Gasteiger partial charge >= 0.3 is 0 Å². The zero-order valence-electron chi connectivity index (χ0n) is 14.2. The van der Waals surface area contributed by atoms with Gasteiger partial charge in [0.2, 0.25) is 0 Å². The lowest BCUT2D eigenvalue weighted by Crippen LogP contribution is -2.11. The first-order valence-electron chi connectivity index (χ1n) is 8.07. The minimum atomic E-state index is -0.918. The zero-order chi connectivity index (χ0) is 18.8. The molecule has 0 aliphatic carbocycles. The predicted octanol–water partition coefficient (Wildman–Crippen LogP) is 5.98. The molecule has 1 aromatic heterocycles. The first kappa shape index (κ1) is 18.3. The maximum absolute atomic E-state index is 14.3. The summed E-state index contributed by atoms with van der Waals surface area (Å²) in [6, 6.07) is 12.4. The number of rotatable bonds is 4. The van der Waals surface area contributed by atoms with Crippen molar-refractivity contribution in [1.29, 1.82) is 0 Å². The Morgan fingerprint density at radius 1 is 1.04 bits per heavy atom. The Balaban J connectivity index is 2.22. The van der Waals surface area contributed by atoms with Gasteiger partial charge in [-0.3, -0.25) is 0 Å². The van der Waals surface area contributed by atoms with Crippen LogP contribution in [0.3, 0.4) is 0 Å². The van der Waals surface area contributed by atoms with Gasteiger partial charge in [-0.2, -0.15) is 0 Å². The van der Waals surface area contributed by atoms with E-state index in [2.05, 4.69) is 26.2 Å². The van der Waals surface area contributed by atoms with Gasteiger partial charge < -0.3 is 10.4 Å². The normalized spacial score (nSPS) is 11.0. The number of phenols is 1. The number of aromatic nitrogens is 1. The van der Waals surface area contributed by atoms with Crippen LogP contribution in [0, 0.1) is 11.6 Å². The molecule has 0 amide bonds. The maximum atomic E-state index is 14.3. The Bertz CT molecular complexity index is 940. The number of halogens is 3. The second kappa shape index (κ2) is 7.41. The van der Waals surface area contributed by atoms with Gasteiger partial charge in [0.15, 0.2) is 11.6 Å². The molecular weight excluding hydrogens is 402 g/mol. The highest BCUT2D eigenvalue weighted by Gasteiger charge is 2.15. The highest BCUT2D eigenvalue weighted by Crippen LogP contribution is 2.35. The van der Waals surface area contributed by atoms with Crippen LogP contribution >= 0.6 is 15.9 Å². The van der Waals surface area contributed by atoms with Gasteiger partial charge in [0, 0.05) is 21.6 Å². The Morgan fingerprint density at radius 3 is 2.54 bits per heavy atom. The molecule has 0 saturated carbocycles. The number of hydrogen-bond donors (Lipinski definition) is 2. The molecule has 3 nitrogen and oxygen atoms in total. The molecule has 0 spiro atoms. The van der Waals surface area contributed by atoms with Crippen LogP contribution in [-0.2, 0) is 0 Å². The summed E-state index contributed by atoms with van der Waals surface area (Å²) in [5.41, 5.74) is 1.54. The minimum Gasteiger partial charge on any atom is -0.507 e. The third-order valence-corrected chi connectivity index (χ3v) is 4.25. The molecule has 0 aliphatic rings. The third kappa shape index (κ3) is 3.85. The van der Waals surface area contributed by atoms with Crippen molar-refractivity contribution in [3.63, 3.8) is 0 Å². The highest BCUT2D eigenvalue weighted by atomic mass is 79.9. The van der Waals surface area contributed by atoms with Gasteiger partial charge in [-0.25, -0.2) is 13.8 Å². The second-order valence-corrected chi connectivity index (χ2v) is 7.10. The number of pyridine rings is 1. The summed E-state index contributed by atoms with van der Waals surface area (Å²) in [6.07, 6.45) is 0. The summed E-state index contributed by atoms with van der Waals surface area (Å²) >= 11 is 3.37. The third-order valence-electron chi connectivity index (χ3n) is 3.76. The zero-order valence-corrected chi connectivity index (χ0v) is 15.8. The molecule has 2 N–H and O–H groups in total. The standard InChI is InChI=1S/C20H17BrF2N2O/c1-11(2)24-19-9-12(14-4-3-5-16(22)20(14)23)8-17(25-19)15-10-13(21)6-7-18(15)26/h3-11,26H,1-2H3,(H,24,25). The molecule has 26 heavy (non-hydrogen) atoms. The van der Waals surface area contributed by atoms with Crippen molar-refractivity contribution in [2.75, 3.05) is 5.32 Å². The molecule has 2 aromatic carbocycles. The van der Waals surface area contributed by atoms with Crippen molar-refractivity contribution < 1.29 is 13.9 Å². The molecule has 3 aromatic rings. The minimum absolute atomic E-state index is 0.0491. The van der Waals surface area contributed by atoms with E-state index in [0.717, 1.165) is 10.5 Å². The Morgan fingerprint density at radius 2 is 1.81 bits per heavy atom. The SMILES string of the molecule is CC(C)Nc1cc(-c2cccc(F)c2F)cc(-c2cc(Br)ccc2O)n1. The van der Waals surface area contributed by atoms with Crippen LogP contribution in [0.1, 0.15) is 13.8 Å². The summed E-state index contributed by atoms with van der Waals surface area (Å²) in [5.74, 6) is -1.27. The highest BCUT2D eigenvalue weighted by molar-refractivity contribution is 9.10. The van der Waals surface area contributed by atoms with Crippen LogP contribution in [0.2, 0.25) is 0 Å². The van der Waals surface area contributed by atoms with Crippen molar-refractivity contribution in [3.8, 4) is 28.1 Å². The van der Waals surface area contributed by atoms with Gasteiger partial charge in [-0.05, 0) is 55.8 Å². The second-order valence-electron chi connectivity index (χ2n) is 6.19. The molecule has 0 aliphatic heterocycles. The number of anilines is 1. The lowest BCUT2D eigenvalue weighted by molar-refractivity contribution is 0.477. The van der Waals surface area contributed by atoms with E-state index in [4.69, 9.17) is 0 Å². The van der Waals surface area contributed by atoms with Crippen molar-refractivity contribution >= 4 is 21.7 Å². The number of nitrogens with zero attached hydrogens (tertiary/aromatic N) is 1. The molecular formula is C20H17BrF2N2O. The lowest BCUT2D eigenvalue weighted by Gasteiger charge is -2.14. The Labute approximate surface area is 158 Å². The number of phenolic OH excluding ortho intramolecular Hbond substituents is 1. The molecule has 6 heteroatoms. The Hall–Kier alpha value is -2.47. The van der Waals surface area contributed by atoms with Gasteiger partial charge in [-0.15, -0.1) is 0 Å². The van der Waals surface area contributed by atoms with Crippen LogP contribution in [0.25, 0.3) is 22.4 Å². The quantitative estimate of drug-likeness (QED) is 0.547. The van der Waals surface area contributed by atoms with E-state index in [0.29, 0.717) is 22.6 Å². The van der Waals surface area contributed by atoms with Crippen LogP contribution in [-0.4, -0.2) is 16.1 Å². The van der Waals surface area contributed by atoms with Gasteiger partial charge in [0.05, 0.1) is 5.69 Å². The summed E-state index contributed by atoms with van der Waals surface area (Å²) < 4.78 is 28.7. The summed E-state index contributed by atoms with van der Waals surface area (Å²) in [4.78, 5) is 4.52. The number of benzene rings is 2. The molecule has 3 rings (SSSR count). The molecule has 1 heterocycles. The van der Waals surface area contributed by atoms with Crippen molar-refractivity contribution in [1.82, 2.24) is 4.98 Å². The smallest absolute Gasteiger partial charge is 0.166 e. The first-order valence-corrected chi connectivity index (χ1v) is 8.86. The van der Waals surface area contributed by atoms with Gasteiger partial charge in [-0.1, -0.05) is 28.1 Å². The van der Waals surface area contributed by atoms with Gasteiger partial charge in [0.25, 0.3) is 0 Å². The van der Waals surface area contributed by atoms with Crippen LogP contribution in [0.5, 0.6) is 5.75 Å². The van der Waals surface area contributed by atoms with Gasteiger partial charge in [0.1, 0.15) is 11.6 Å². The van der Waals surface area contributed by atoms with E-state index < -0.39 is 11.6 Å². The lowest BCUT2D eigenvalue weighted by atomic mass is 10.0. The van der Waals surface area contributed by atoms with E-state index in [1.807, 2.05) is 13.8 Å². The number of aromatic hydroxyl groups is 1. The first-order chi connectivity index (χ1) is 12.3. The Kier molecular flexibility index (Phi) is 5.23.